The molecule has 1 aromatic heterocycles. The molecule has 0 aliphatic carbocycles. The molecule has 0 saturated carbocycles. The van der Waals surface area contributed by atoms with E-state index in [0.29, 0.717) is 5.15 Å². The first-order chi connectivity index (χ1) is 6.55. The maximum absolute atomic E-state index is 6.11. The zero-order valence-corrected chi connectivity index (χ0v) is 11.5. The second kappa shape index (κ2) is 3.51. The van der Waals surface area contributed by atoms with Crippen LogP contribution in [0.2, 0.25) is 5.15 Å². The van der Waals surface area contributed by atoms with E-state index in [2.05, 4.69) is 51.1 Å². The van der Waals surface area contributed by atoms with E-state index in [1.54, 1.807) is 0 Å². The number of rotatable bonds is 0. The Kier molecular flexibility index (Phi) is 2.94. The van der Waals surface area contributed by atoms with E-state index in [1.807, 2.05) is 6.92 Å². The normalized spacial score (nSPS) is 13.3. The average molecular weight is 229 g/mol. The van der Waals surface area contributed by atoms with Crippen molar-refractivity contribution in [2.75, 3.05) is 0 Å². The van der Waals surface area contributed by atoms with Crippen LogP contribution in [-0.4, -0.2) is 9.55 Å². The highest BCUT2D eigenvalue weighted by Gasteiger charge is 2.29. The van der Waals surface area contributed by atoms with Gasteiger partial charge in [-0.1, -0.05) is 32.4 Å². The van der Waals surface area contributed by atoms with Crippen LogP contribution in [0.15, 0.2) is 0 Å². The molecule has 86 valence electrons. The second-order valence-corrected chi connectivity index (χ2v) is 6.43. The van der Waals surface area contributed by atoms with Crippen molar-refractivity contribution < 1.29 is 0 Å². The monoisotopic (exact) mass is 228 g/mol. The van der Waals surface area contributed by atoms with E-state index in [-0.39, 0.29) is 11.0 Å². The number of hydrogen-bond donors (Lipinski definition) is 0. The molecule has 1 rings (SSSR count). The zero-order chi connectivity index (χ0) is 12.0. The molecule has 0 aliphatic rings. The Morgan fingerprint density at radius 1 is 1.07 bits per heavy atom. The third-order valence-corrected chi connectivity index (χ3v) is 2.75. The van der Waals surface area contributed by atoms with Crippen molar-refractivity contribution in [1.82, 2.24) is 9.55 Å². The van der Waals surface area contributed by atoms with E-state index in [1.165, 1.54) is 0 Å². The molecule has 0 aromatic carbocycles. The molecule has 0 spiro atoms. The zero-order valence-electron chi connectivity index (χ0n) is 10.8. The van der Waals surface area contributed by atoms with Gasteiger partial charge in [0.2, 0.25) is 0 Å². The van der Waals surface area contributed by atoms with Crippen LogP contribution in [0.3, 0.4) is 0 Å². The van der Waals surface area contributed by atoms with Gasteiger partial charge in [-0.3, -0.25) is 0 Å². The van der Waals surface area contributed by atoms with Gasteiger partial charge in [-0.15, -0.1) is 0 Å². The van der Waals surface area contributed by atoms with Gasteiger partial charge >= 0.3 is 0 Å². The van der Waals surface area contributed by atoms with E-state index in [9.17, 15) is 0 Å². The van der Waals surface area contributed by atoms with Crippen LogP contribution in [0.5, 0.6) is 0 Å². The van der Waals surface area contributed by atoms with Crippen molar-refractivity contribution in [3.8, 4) is 0 Å². The van der Waals surface area contributed by atoms with Gasteiger partial charge in [0.15, 0.2) is 0 Å². The van der Waals surface area contributed by atoms with E-state index >= 15 is 0 Å². The molecule has 0 aliphatic heterocycles. The summed E-state index contributed by atoms with van der Waals surface area (Å²) in [6.45, 7) is 15.0. The fourth-order valence-corrected chi connectivity index (χ4v) is 1.96. The van der Waals surface area contributed by atoms with Gasteiger partial charge in [-0.05, 0) is 27.7 Å². The van der Waals surface area contributed by atoms with Crippen molar-refractivity contribution in [2.45, 2.75) is 59.4 Å². The quantitative estimate of drug-likeness (QED) is 0.659. The SMILES string of the molecule is Cc1c(Cl)nc(C(C)(C)C)n1C(C)(C)C. The minimum absolute atomic E-state index is 0.0190. The third-order valence-electron chi connectivity index (χ3n) is 2.39. The van der Waals surface area contributed by atoms with Gasteiger partial charge in [-0.2, -0.15) is 0 Å². The summed E-state index contributed by atoms with van der Waals surface area (Å²) in [5, 5.41) is 0.620. The second-order valence-electron chi connectivity index (χ2n) is 6.07. The largest absolute Gasteiger partial charge is 0.325 e. The minimum atomic E-state index is 0.0190. The highest BCUT2D eigenvalue weighted by atomic mass is 35.5. The molecular weight excluding hydrogens is 208 g/mol. The van der Waals surface area contributed by atoms with Crippen LogP contribution < -0.4 is 0 Å². The lowest BCUT2D eigenvalue weighted by atomic mass is 9.94. The summed E-state index contributed by atoms with van der Waals surface area (Å²) in [6.07, 6.45) is 0. The molecule has 0 bridgehead atoms. The summed E-state index contributed by atoms with van der Waals surface area (Å²) < 4.78 is 2.23. The Morgan fingerprint density at radius 3 is 1.80 bits per heavy atom. The Hall–Kier alpha value is -0.500. The van der Waals surface area contributed by atoms with Gasteiger partial charge in [-0.25, -0.2) is 4.98 Å². The number of nitrogens with zero attached hydrogens (tertiary/aromatic N) is 2. The smallest absolute Gasteiger partial charge is 0.150 e. The van der Waals surface area contributed by atoms with E-state index < -0.39 is 0 Å². The average Bonchev–Trinajstić information content (AvgIpc) is 2.25. The van der Waals surface area contributed by atoms with Crippen LogP contribution in [0.25, 0.3) is 0 Å². The van der Waals surface area contributed by atoms with Crippen molar-refractivity contribution in [2.24, 2.45) is 0 Å². The van der Waals surface area contributed by atoms with Gasteiger partial charge in [0, 0.05) is 11.0 Å². The molecule has 0 N–H and O–H groups in total. The highest BCUT2D eigenvalue weighted by molar-refractivity contribution is 6.30. The van der Waals surface area contributed by atoms with E-state index in [0.717, 1.165) is 11.5 Å². The number of aromatic nitrogens is 2. The maximum atomic E-state index is 6.11. The van der Waals surface area contributed by atoms with Gasteiger partial charge < -0.3 is 4.57 Å². The standard InChI is InChI=1S/C12H21ClN2/c1-8-9(13)14-10(11(2,3)4)15(8)12(5,6)7/h1-7H3. The molecule has 0 fully saturated rings. The summed E-state index contributed by atoms with van der Waals surface area (Å²) in [4.78, 5) is 4.48. The Morgan fingerprint density at radius 2 is 1.53 bits per heavy atom. The highest BCUT2D eigenvalue weighted by Crippen LogP contribution is 2.31. The molecule has 2 nitrogen and oxygen atoms in total. The summed E-state index contributed by atoms with van der Waals surface area (Å²) >= 11 is 6.11. The van der Waals surface area contributed by atoms with Gasteiger partial charge in [0.25, 0.3) is 0 Å². The fraction of sp³-hybridized carbons (Fsp3) is 0.750. The molecule has 3 heteroatoms. The Labute approximate surface area is 97.7 Å². The van der Waals surface area contributed by atoms with Crippen LogP contribution in [0, 0.1) is 6.92 Å². The third kappa shape index (κ3) is 2.36. The van der Waals surface area contributed by atoms with E-state index in [4.69, 9.17) is 11.6 Å². The van der Waals surface area contributed by atoms with Gasteiger partial charge in [0.05, 0.1) is 5.69 Å². The summed E-state index contributed by atoms with van der Waals surface area (Å²) in [5.41, 5.74) is 1.09. The molecule has 0 radical (unpaired) electrons. The molecule has 0 atom stereocenters. The topological polar surface area (TPSA) is 17.8 Å². The van der Waals surface area contributed by atoms with Crippen LogP contribution >= 0.6 is 11.6 Å². The van der Waals surface area contributed by atoms with Crippen molar-refractivity contribution >= 4 is 11.6 Å². The van der Waals surface area contributed by atoms with Crippen LogP contribution in [-0.2, 0) is 11.0 Å². The first-order valence-corrected chi connectivity index (χ1v) is 5.68. The molecule has 0 unspecified atom stereocenters. The lowest BCUT2D eigenvalue weighted by Crippen LogP contribution is -2.30. The number of halogens is 1. The summed E-state index contributed by atoms with van der Waals surface area (Å²) in [7, 11) is 0. The van der Waals surface area contributed by atoms with Crippen molar-refractivity contribution in [3.63, 3.8) is 0 Å². The lowest BCUT2D eigenvalue weighted by molar-refractivity contribution is 0.348. The maximum Gasteiger partial charge on any atom is 0.150 e. The lowest BCUT2D eigenvalue weighted by Gasteiger charge is -2.30. The van der Waals surface area contributed by atoms with Crippen molar-refractivity contribution in [3.05, 3.63) is 16.7 Å². The first-order valence-electron chi connectivity index (χ1n) is 5.31. The summed E-state index contributed by atoms with van der Waals surface area (Å²) in [6, 6.07) is 0. The van der Waals surface area contributed by atoms with Crippen LogP contribution in [0.1, 0.15) is 53.1 Å². The fourth-order valence-electron chi connectivity index (χ4n) is 1.80. The molecule has 0 amide bonds. The predicted octanol–water partition coefficient (Wildman–Crippen LogP) is 3.90. The van der Waals surface area contributed by atoms with Crippen LogP contribution in [0.4, 0.5) is 0 Å². The molecular formula is C12H21ClN2. The minimum Gasteiger partial charge on any atom is -0.325 e. The first kappa shape index (κ1) is 12.6. The molecule has 1 heterocycles. The van der Waals surface area contributed by atoms with Gasteiger partial charge in [0.1, 0.15) is 11.0 Å². The predicted molar refractivity (Wildman–Crippen MR) is 65.7 cm³/mol. The molecule has 0 saturated heterocycles. The van der Waals surface area contributed by atoms with Crippen molar-refractivity contribution in [1.29, 1.82) is 0 Å². The Balaban J connectivity index is 3.48. The molecule has 15 heavy (non-hydrogen) atoms. The number of imidazole rings is 1. The Bertz CT molecular complexity index is 364. The molecule has 1 aromatic rings. The number of hydrogen-bond acceptors (Lipinski definition) is 1. The summed E-state index contributed by atoms with van der Waals surface area (Å²) in [5.74, 6) is 1.05.